The van der Waals surface area contributed by atoms with Crippen LogP contribution in [0.25, 0.3) is 0 Å². The van der Waals surface area contributed by atoms with Gasteiger partial charge in [-0.1, -0.05) is 67.2 Å². The summed E-state index contributed by atoms with van der Waals surface area (Å²) in [5.74, 6) is 0.535. The van der Waals surface area contributed by atoms with Gasteiger partial charge in [-0.3, -0.25) is 0 Å². The molecule has 0 aromatic rings. The molecule has 1 rings (SSSR count). The van der Waals surface area contributed by atoms with Crippen LogP contribution in [0.2, 0.25) is 0 Å². The van der Waals surface area contributed by atoms with Gasteiger partial charge in [0.15, 0.2) is 0 Å². The maximum atomic E-state index is 4.38. The number of nitrogens with zero attached hydrogens (tertiary/aromatic N) is 1. The van der Waals surface area contributed by atoms with Crippen molar-refractivity contribution in [3.05, 3.63) is 24.4 Å². The summed E-state index contributed by atoms with van der Waals surface area (Å²) in [5, 5.41) is 0. The fourth-order valence-corrected chi connectivity index (χ4v) is 3.17. The summed E-state index contributed by atoms with van der Waals surface area (Å²) in [5.41, 5.74) is 3.25. The highest BCUT2D eigenvalue weighted by Gasteiger charge is 2.43. The molecule has 0 aromatic carbocycles. The Bertz CT molecular complexity index is 354. The molecule has 0 saturated carbocycles. The van der Waals surface area contributed by atoms with Crippen LogP contribution < -0.4 is 0 Å². The molecule has 0 N–H and O–H groups in total. The lowest BCUT2D eigenvalue weighted by atomic mass is 9.78. The van der Waals surface area contributed by atoms with E-state index in [1.54, 1.807) is 0 Å². The molecule has 1 atom stereocenters. The first kappa shape index (κ1) is 16.3. The zero-order valence-electron chi connectivity index (χ0n) is 14.1. The Morgan fingerprint density at radius 3 is 2.21 bits per heavy atom. The summed E-state index contributed by atoms with van der Waals surface area (Å²) in [7, 11) is 0. The monoisotopic (exact) mass is 263 g/mol. The number of rotatable bonds is 4. The molecule has 1 aliphatic rings. The highest BCUT2D eigenvalue weighted by molar-refractivity contribution is 5.21. The molecule has 19 heavy (non-hydrogen) atoms. The zero-order valence-corrected chi connectivity index (χ0v) is 14.1. The van der Waals surface area contributed by atoms with Gasteiger partial charge in [-0.2, -0.15) is 0 Å². The third-order valence-electron chi connectivity index (χ3n) is 4.28. The SMILES string of the molecule is C=C(C(C)C)C1N(C(=C)CC(C)(C)C)CCC1(C)C. The van der Waals surface area contributed by atoms with Crippen molar-refractivity contribution >= 4 is 0 Å². The normalized spacial score (nSPS) is 22.9. The second-order valence-corrected chi connectivity index (χ2v) is 8.37. The highest BCUT2D eigenvalue weighted by atomic mass is 15.2. The van der Waals surface area contributed by atoms with Crippen LogP contribution in [-0.4, -0.2) is 17.5 Å². The predicted octanol–water partition coefficient (Wildman–Crippen LogP) is 5.25. The first-order valence-corrected chi connectivity index (χ1v) is 7.59. The Morgan fingerprint density at radius 1 is 1.26 bits per heavy atom. The van der Waals surface area contributed by atoms with Crippen molar-refractivity contribution in [2.45, 2.75) is 67.3 Å². The largest absolute Gasteiger partial charge is 0.368 e. The molecule has 0 aromatic heterocycles. The van der Waals surface area contributed by atoms with Gasteiger partial charge in [0, 0.05) is 12.2 Å². The van der Waals surface area contributed by atoms with E-state index in [1.165, 1.54) is 17.7 Å². The third-order valence-corrected chi connectivity index (χ3v) is 4.28. The predicted molar refractivity (Wildman–Crippen MR) is 86.1 cm³/mol. The number of hydrogen-bond acceptors (Lipinski definition) is 1. The molecule has 1 aliphatic heterocycles. The maximum Gasteiger partial charge on any atom is 0.0550 e. The minimum atomic E-state index is 0.299. The summed E-state index contributed by atoms with van der Waals surface area (Å²) in [6.07, 6.45) is 2.29. The van der Waals surface area contributed by atoms with Crippen molar-refractivity contribution in [3.8, 4) is 0 Å². The molecule has 0 aliphatic carbocycles. The standard InChI is InChI=1S/C18H33N/c1-13(2)15(4)16-18(8,9)10-11-19(16)14(3)12-17(5,6)7/h13,16H,3-4,10-12H2,1-2,5-9H3. The van der Waals surface area contributed by atoms with E-state index in [-0.39, 0.29) is 0 Å². The van der Waals surface area contributed by atoms with Crippen LogP contribution in [0.5, 0.6) is 0 Å². The maximum absolute atomic E-state index is 4.38. The van der Waals surface area contributed by atoms with Gasteiger partial charge in [0.05, 0.1) is 6.04 Å². The molecular weight excluding hydrogens is 230 g/mol. The molecule has 0 radical (unpaired) electrons. The van der Waals surface area contributed by atoms with Crippen molar-refractivity contribution in [2.75, 3.05) is 6.54 Å². The second kappa shape index (κ2) is 5.34. The molecule has 1 unspecified atom stereocenters. The molecule has 0 spiro atoms. The quantitative estimate of drug-likeness (QED) is 0.626. The van der Waals surface area contributed by atoms with Crippen molar-refractivity contribution in [1.29, 1.82) is 0 Å². The molecule has 0 amide bonds. The van der Waals surface area contributed by atoms with Crippen molar-refractivity contribution in [3.63, 3.8) is 0 Å². The van der Waals surface area contributed by atoms with Crippen molar-refractivity contribution < 1.29 is 0 Å². The van der Waals surface area contributed by atoms with Gasteiger partial charge in [0.2, 0.25) is 0 Å². The van der Waals surface area contributed by atoms with Crippen LogP contribution >= 0.6 is 0 Å². The van der Waals surface area contributed by atoms with E-state index < -0.39 is 0 Å². The lowest BCUT2D eigenvalue weighted by molar-refractivity contribution is 0.223. The van der Waals surface area contributed by atoms with E-state index in [1.807, 2.05) is 0 Å². The Kier molecular flexibility index (Phi) is 4.59. The fourth-order valence-electron chi connectivity index (χ4n) is 3.17. The average Bonchev–Trinajstić information content (AvgIpc) is 2.50. The number of likely N-dealkylation sites (tertiary alicyclic amines) is 1. The van der Waals surface area contributed by atoms with Gasteiger partial charge < -0.3 is 4.90 Å². The van der Waals surface area contributed by atoms with Crippen LogP contribution in [0.3, 0.4) is 0 Å². The van der Waals surface area contributed by atoms with Crippen molar-refractivity contribution in [2.24, 2.45) is 16.7 Å². The van der Waals surface area contributed by atoms with Crippen LogP contribution in [0.1, 0.15) is 61.3 Å². The van der Waals surface area contributed by atoms with Crippen LogP contribution in [0.4, 0.5) is 0 Å². The Balaban J connectivity index is 2.94. The van der Waals surface area contributed by atoms with Crippen molar-refractivity contribution in [1.82, 2.24) is 4.90 Å². The summed E-state index contributed by atoms with van der Waals surface area (Å²) >= 11 is 0. The molecule has 1 fully saturated rings. The molecule has 1 heteroatoms. The van der Waals surface area contributed by atoms with Gasteiger partial charge in [-0.05, 0) is 29.6 Å². The number of hydrogen-bond donors (Lipinski definition) is 0. The van der Waals surface area contributed by atoms with E-state index in [4.69, 9.17) is 0 Å². The Morgan fingerprint density at radius 2 is 1.79 bits per heavy atom. The van der Waals surface area contributed by atoms with E-state index in [9.17, 15) is 0 Å². The summed E-state index contributed by atoms with van der Waals surface area (Å²) < 4.78 is 0. The number of allylic oxidation sites excluding steroid dienone is 1. The molecule has 1 heterocycles. The molecule has 0 bridgehead atoms. The van der Waals surface area contributed by atoms with E-state index in [0.29, 0.717) is 22.8 Å². The van der Waals surface area contributed by atoms with E-state index >= 15 is 0 Å². The first-order chi connectivity index (χ1) is 8.46. The lowest BCUT2D eigenvalue weighted by Gasteiger charge is -2.39. The molecule has 1 nitrogen and oxygen atoms in total. The van der Waals surface area contributed by atoms with E-state index in [2.05, 4.69) is 66.5 Å². The summed E-state index contributed by atoms with van der Waals surface area (Å²) in [6, 6.07) is 0.447. The zero-order chi connectivity index (χ0) is 15.0. The van der Waals surface area contributed by atoms with Gasteiger partial charge in [-0.15, -0.1) is 0 Å². The summed E-state index contributed by atoms with van der Waals surface area (Å²) in [6.45, 7) is 26.0. The van der Waals surface area contributed by atoms with Gasteiger partial charge in [-0.25, -0.2) is 0 Å². The molecular formula is C18H33N. The third kappa shape index (κ3) is 3.87. The van der Waals surface area contributed by atoms with Gasteiger partial charge >= 0.3 is 0 Å². The second-order valence-electron chi connectivity index (χ2n) is 8.37. The molecule has 1 saturated heterocycles. The highest BCUT2D eigenvalue weighted by Crippen LogP contribution is 2.44. The average molecular weight is 263 g/mol. The Labute approximate surface area is 120 Å². The topological polar surface area (TPSA) is 3.24 Å². The minimum Gasteiger partial charge on any atom is -0.368 e. The van der Waals surface area contributed by atoms with Crippen LogP contribution in [0, 0.1) is 16.7 Å². The smallest absolute Gasteiger partial charge is 0.0550 e. The van der Waals surface area contributed by atoms with Crippen LogP contribution in [-0.2, 0) is 0 Å². The Hall–Kier alpha value is -0.720. The first-order valence-electron chi connectivity index (χ1n) is 7.59. The van der Waals surface area contributed by atoms with Gasteiger partial charge in [0.1, 0.15) is 0 Å². The fraction of sp³-hybridized carbons (Fsp3) is 0.778. The van der Waals surface area contributed by atoms with E-state index in [0.717, 1.165) is 13.0 Å². The minimum absolute atomic E-state index is 0.299. The van der Waals surface area contributed by atoms with Crippen LogP contribution in [0.15, 0.2) is 24.4 Å². The molecule has 110 valence electrons. The summed E-state index contributed by atoms with van der Waals surface area (Å²) in [4.78, 5) is 2.52. The van der Waals surface area contributed by atoms with Gasteiger partial charge in [0.25, 0.3) is 0 Å². The lowest BCUT2D eigenvalue weighted by Crippen LogP contribution is -2.39.